The molecule has 0 bridgehead atoms. The molecule has 1 aromatic heterocycles. The van der Waals surface area contributed by atoms with Gasteiger partial charge in [0.05, 0.1) is 13.1 Å². The summed E-state index contributed by atoms with van der Waals surface area (Å²) in [5.74, 6) is 4.15. The van der Waals surface area contributed by atoms with E-state index in [1.165, 1.54) is 11.1 Å². The summed E-state index contributed by atoms with van der Waals surface area (Å²) in [6, 6.07) is 8.46. The highest BCUT2D eigenvalue weighted by atomic mass is 16.5. The smallest absolute Gasteiger partial charge is 0.240 e. The van der Waals surface area contributed by atoms with Crippen LogP contribution in [0.25, 0.3) is 0 Å². The summed E-state index contributed by atoms with van der Waals surface area (Å²) in [7, 11) is 0. The Balaban J connectivity index is 1.76. The Labute approximate surface area is 112 Å². The van der Waals surface area contributed by atoms with Gasteiger partial charge in [-0.2, -0.15) is 4.98 Å². The lowest BCUT2D eigenvalue weighted by Crippen LogP contribution is -2.13. The van der Waals surface area contributed by atoms with E-state index in [2.05, 4.69) is 45.6 Å². The van der Waals surface area contributed by atoms with Crippen molar-refractivity contribution in [3.63, 3.8) is 0 Å². The lowest BCUT2D eigenvalue weighted by atomic mass is 10.0. The van der Waals surface area contributed by atoms with Crippen molar-refractivity contribution in [3.8, 4) is 12.3 Å². The Morgan fingerprint density at radius 2 is 2.32 bits per heavy atom. The summed E-state index contributed by atoms with van der Waals surface area (Å²) >= 11 is 0. The van der Waals surface area contributed by atoms with Crippen LogP contribution in [0.5, 0.6) is 0 Å². The molecule has 1 N–H and O–H groups in total. The number of rotatable bonds is 4. The van der Waals surface area contributed by atoms with Crippen LogP contribution >= 0.6 is 0 Å². The van der Waals surface area contributed by atoms with Gasteiger partial charge in [-0.1, -0.05) is 35.3 Å². The summed E-state index contributed by atoms with van der Waals surface area (Å²) in [4.78, 5) is 4.45. The Hall–Kier alpha value is -2.12. The monoisotopic (exact) mass is 253 g/mol. The van der Waals surface area contributed by atoms with Gasteiger partial charge >= 0.3 is 0 Å². The van der Waals surface area contributed by atoms with Gasteiger partial charge in [0, 0.05) is 5.92 Å². The van der Waals surface area contributed by atoms with Crippen molar-refractivity contribution >= 4 is 0 Å². The fraction of sp³-hybridized carbons (Fsp3) is 0.333. The van der Waals surface area contributed by atoms with Crippen LogP contribution in [-0.4, -0.2) is 16.7 Å². The Morgan fingerprint density at radius 3 is 3.21 bits per heavy atom. The normalized spacial score (nSPS) is 17.1. The third-order valence-electron chi connectivity index (χ3n) is 3.43. The van der Waals surface area contributed by atoms with Gasteiger partial charge in [-0.15, -0.1) is 6.42 Å². The number of hydrogen-bond acceptors (Lipinski definition) is 4. The average molecular weight is 253 g/mol. The number of nitrogens with one attached hydrogen (secondary N) is 1. The minimum Gasteiger partial charge on any atom is -0.338 e. The predicted octanol–water partition coefficient (Wildman–Crippen LogP) is 1.87. The second kappa shape index (κ2) is 5.25. The van der Waals surface area contributed by atoms with Crippen molar-refractivity contribution in [2.24, 2.45) is 0 Å². The van der Waals surface area contributed by atoms with Gasteiger partial charge in [-0.3, -0.25) is 5.32 Å². The second-order valence-electron chi connectivity index (χ2n) is 4.64. The highest BCUT2D eigenvalue weighted by Crippen LogP contribution is 2.36. The van der Waals surface area contributed by atoms with Crippen molar-refractivity contribution in [3.05, 3.63) is 47.1 Å². The average Bonchev–Trinajstić information content (AvgIpc) is 3.05. The van der Waals surface area contributed by atoms with E-state index in [4.69, 9.17) is 10.9 Å². The molecule has 1 aromatic carbocycles. The van der Waals surface area contributed by atoms with E-state index in [0.29, 0.717) is 19.0 Å². The lowest BCUT2D eigenvalue weighted by Gasteiger charge is -2.05. The Morgan fingerprint density at radius 1 is 1.42 bits per heavy atom. The van der Waals surface area contributed by atoms with E-state index in [0.717, 1.165) is 18.7 Å². The van der Waals surface area contributed by atoms with Gasteiger partial charge < -0.3 is 4.52 Å². The third kappa shape index (κ3) is 2.38. The molecule has 0 aliphatic heterocycles. The molecule has 0 fully saturated rings. The molecule has 19 heavy (non-hydrogen) atoms. The molecule has 96 valence electrons. The van der Waals surface area contributed by atoms with E-state index in [1.54, 1.807) is 0 Å². The highest BCUT2D eigenvalue weighted by Gasteiger charge is 2.27. The van der Waals surface area contributed by atoms with E-state index < -0.39 is 0 Å². The van der Waals surface area contributed by atoms with Gasteiger partial charge in [0.15, 0.2) is 5.82 Å². The molecule has 4 heteroatoms. The number of terminal acetylenes is 1. The molecule has 4 nitrogen and oxygen atoms in total. The fourth-order valence-electron chi connectivity index (χ4n) is 2.55. The van der Waals surface area contributed by atoms with E-state index in [1.807, 2.05) is 0 Å². The fourth-order valence-corrected chi connectivity index (χ4v) is 2.55. The summed E-state index contributed by atoms with van der Waals surface area (Å²) in [5.41, 5.74) is 2.72. The second-order valence-corrected chi connectivity index (χ2v) is 4.64. The summed E-state index contributed by atoms with van der Waals surface area (Å²) < 4.78 is 5.25. The Bertz CT molecular complexity index is 612. The van der Waals surface area contributed by atoms with Crippen LogP contribution in [0.2, 0.25) is 0 Å². The molecule has 1 heterocycles. The number of aryl methyl sites for hydroxylation is 1. The number of benzene rings is 1. The van der Waals surface area contributed by atoms with Crippen molar-refractivity contribution in [1.29, 1.82) is 0 Å². The van der Waals surface area contributed by atoms with Crippen molar-refractivity contribution in [2.75, 3.05) is 6.54 Å². The first-order valence-corrected chi connectivity index (χ1v) is 6.43. The van der Waals surface area contributed by atoms with Crippen LogP contribution in [0.4, 0.5) is 0 Å². The van der Waals surface area contributed by atoms with Gasteiger partial charge in [0.2, 0.25) is 5.89 Å². The predicted molar refractivity (Wildman–Crippen MR) is 71.4 cm³/mol. The first-order valence-electron chi connectivity index (χ1n) is 6.43. The van der Waals surface area contributed by atoms with E-state index >= 15 is 0 Å². The van der Waals surface area contributed by atoms with Crippen LogP contribution in [0.15, 0.2) is 28.8 Å². The van der Waals surface area contributed by atoms with Gasteiger partial charge in [0.25, 0.3) is 0 Å². The molecule has 1 aliphatic carbocycles. The van der Waals surface area contributed by atoms with Gasteiger partial charge in [-0.25, -0.2) is 0 Å². The minimum atomic E-state index is 0.265. The number of aromatic nitrogens is 2. The molecule has 2 aromatic rings. The summed E-state index contributed by atoms with van der Waals surface area (Å²) in [5, 5.41) is 7.14. The first kappa shape index (κ1) is 11.9. The van der Waals surface area contributed by atoms with Crippen LogP contribution < -0.4 is 5.32 Å². The standard InChI is InChI=1S/C15H15N3O/c1-2-9-16-10-14-17-15(18-19-14)13-8-7-11-5-3-4-6-12(11)13/h1,3-6,13,16H,7-10H2. The SMILES string of the molecule is C#CCNCc1nc(C2CCc3ccccc32)no1. The summed E-state index contributed by atoms with van der Waals surface area (Å²) in [6.45, 7) is 1.02. The molecule has 0 saturated carbocycles. The van der Waals surface area contributed by atoms with E-state index in [9.17, 15) is 0 Å². The topological polar surface area (TPSA) is 51.0 Å². The zero-order chi connectivity index (χ0) is 13.1. The molecule has 0 saturated heterocycles. The van der Waals surface area contributed by atoms with Gasteiger partial charge in [-0.05, 0) is 24.0 Å². The first-order chi connectivity index (χ1) is 9.38. The minimum absolute atomic E-state index is 0.265. The molecule has 1 unspecified atom stereocenters. The molecule has 0 radical (unpaired) electrons. The van der Waals surface area contributed by atoms with Crippen LogP contribution in [0.3, 0.4) is 0 Å². The molecule has 0 amide bonds. The molecule has 1 aliphatic rings. The number of hydrogen-bond donors (Lipinski definition) is 1. The van der Waals surface area contributed by atoms with Crippen molar-refractivity contribution in [2.45, 2.75) is 25.3 Å². The quantitative estimate of drug-likeness (QED) is 0.667. The number of fused-ring (bicyclic) bond motifs is 1. The van der Waals surface area contributed by atoms with Crippen molar-refractivity contribution in [1.82, 2.24) is 15.5 Å². The molecule has 3 rings (SSSR count). The number of nitrogens with zero attached hydrogens (tertiary/aromatic N) is 2. The lowest BCUT2D eigenvalue weighted by molar-refractivity contribution is 0.364. The van der Waals surface area contributed by atoms with Gasteiger partial charge in [0.1, 0.15) is 0 Å². The zero-order valence-electron chi connectivity index (χ0n) is 10.6. The zero-order valence-corrected chi connectivity index (χ0v) is 10.6. The maximum atomic E-state index is 5.25. The molecular weight excluding hydrogens is 238 g/mol. The Kier molecular flexibility index (Phi) is 3.30. The van der Waals surface area contributed by atoms with Crippen LogP contribution in [0, 0.1) is 12.3 Å². The maximum absolute atomic E-state index is 5.25. The maximum Gasteiger partial charge on any atom is 0.240 e. The third-order valence-corrected chi connectivity index (χ3v) is 3.43. The van der Waals surface area contributed by atoms with E-state index in [-0.39, 0.29) is 5.92 Å². The largest absolute Gasteiger partial charge is 0.338 e. The highest BCUT2D eigenvalue weighted by molar-refractivity contribution is 5.38. The van der Waals surface area contributed by atoms with Crippen LogP contribution in [0.1, 0.15) is 35.2 Å². The summed E-state index contributed by atoms with van der Waals surface area (Å²) in [6.07, 6.45) is 7.31. The van der Waals surface area contributed by atoms with Crippen molar-refractivity contribution < 1.29 is 4.52 Å². The van der Waals surface area contributed by atoms with Crippen LogP contribution in [-0.2, 0) is 13.0 Å². The molecule has 0 spiro atoms. The molecule has 1 atom stereocenters. The molecular formula is C15H15N3O.